The smallest absolute Gasteiger partial charge is 0.237 e. The number of rotatable bonds is 5. The van der Waals surface area contributed by atoms with Crippen LogP contribution in [0.2, 0.25) is 0 Å². The number of fused-ring (bicyclic) bond motifs is 1. The molecular formula is C21H19BrN4O. The summed E-state index contributed by atoms with van der Waals surface area (Å²) in [6.45, 7) is 4.41. The van der Waals surface area contributed by atoms with E-state index < -0.39 is 0 Å². The van der Waals surface area contributed by atoms with E-state index in [2.05, 4.69) is 57.2 Å². The lowest BCUT2D eigenvalue weighted by Crippen LogP contribution is -1.98. The van der Waals surface area contributed by atoms with Crippen LogP contribution in [0.3, 0.4) is 0 Å². The summed E-state index contributed by atoms with van der Waals surface area (Å²) in [6.07, 6.45) is 1.12. The molecule has 1 atom stereocenters. The number of ether oxygens (including phenoxy) is 1. The van der Waals surface area contributed by atoms with Gasteiger partial charge >= 0.3 is 0 Å². The van der Waals surface area contributed by atoms with Gasteiger partial charge in [0.05, 0.1) is 0 Å². The zero-order valence-electron chi connectivity index (χ0n) is 15.1. The van der Waals surface area contributed by atoms with Gasteiger partial charge in [-0.2, -0.15) is 4.52 Å². The number of halogens is 1. The molecule has 0 saturated carbocycles. The highest BCUT2D eigenvalue weighted by atomic mass is 79.9. The Morgan fingerprint density at radius 3 is 2.41 bits per heavy atom. The van der Waals surface area contributed by atoms with Gasteiger partial charge in [0.1, 0.15) is 5.75 Å². The second-order valence-corrected chi connectivity index (χ2v) is 7.37. The maximum Gasteiger partial charge on any atom is 0.237 e. The lowest BCUT2D eigenvalue weighted by molar-refractivity contribution is 0.452. The molecule has 4 rings (SSSR count). The van der Waals surface area contributed by atoms with Crippen molar-refractivity contribution in [1.29, 1.82) is 0 Å². The minimum Gasteiger partial charge on any atom is -0.438 e. The minimum absolute atomic E-state index is 0.497. The van der Waals surface area contributed by atoms with Crippen LogP contribution in [0.25, 0.3) is 17.0 Å². The van der Waals surface area contributed by atoms with Crippen molar-refractivity contribution in [2.45, 2.75) is 26.2 Å². The molecule has 0 N–H and O–H groups in total. The first-order valence-corrected chi connectivity index (χ1v) is 9.69. The third kappa shape index (κ3) is 3.71. The lowest BCUT2D eigenvalue weighted by Gasteiger charge is -2.10. The standard InChI is InChI=1S/C21H19BrN4O/c1-3-14(2)15-6-10-18(11-7-15)27-20-13-12-19-23-24-21(26(19)25-20)16-4-8-17(22)9-5-16/h4-14H,3H2,1-2H3/t14-/m1/s1. The van der Waals surface area contributed by atoms with E-state index >= 15 is 0 Å². The average Bonchev–Trinajstić information content (AvgIpc) is 3.12. The fourth-order valence-electron chi connectivity index (χ4n) is 2.83. The third-order valence-corrected chi connectivity index (χ3v) is 5.15. The third-order valence-electron chi connectivity index (χ3n) is 4.62. The van der Waals surface area contributed by atoms with E-state index in [4.69, 9.17) is 4.74 Å². The Labute approximate surface area is 166 Å². The molecule has 0 unspecified atom stereocenters. The number of hydrogen-bond donors (Lipinski definition) is 0. The highest BCUT2D eigenvalue weighted by Crippen LogP contribution is 2.26. The van der Waals surface area contributed by atoms with Gasteiger partial charge in [0.25, 0.3) is 0 Å². The molecule has 0 saturated heterocycles. The molecule has 2 aromatic heterocycles. The summed E-state index contributed by atoms with van der Waals surface area (Å²) in [7, 11) is 0. The van der Waals surface area contributed by atoms with Gasteiger partial charge in [0, 0.05) is 16.1 Å². The monoisotopic (exact) mass is 422 g/mol. The van der Waals surface area contributed by atoms with Gasteiger partial charge < -0.3 is 4.74 Å². The maximum atomic E-state index is 5.94. The molecule has 0 radical (unpaired) electrons. The molecule has 136 valence electrons. The zero-order chi connectivity index (χ0) is 18.8. The van der Waals surface area contributed by atoms with Gasteiger partial charge in [0.15, 0.2) is 11.5 Å². The van der Waals surface area contributed by atoms with Crippen molar-refractivity contribution < 1.29 is 4.74 Å². The number of nitrogens with zero attached hydrogens (tertiary/aromatic N) is 4. The largest absolute Gasteiger partial charge is 0.438 e. The van der Waals surface area contributed by atoms with Crippen molar-refractivity contribution >= 4 is 21.6 Å². The first kappa shape index (κ1) is 17.7. The van der Waals surface area contributed by atoms with Crippen molar-refractivity contribution in [1.82, 2.24) is 19.8 Å². The SMILES string of the molecule is CC[C@@H](C)c1ccc(Oc2ccc3nnc(-c4ccc(Br)cc4)n3n2)cc1. The number of hydrogen-bond acceptors (Lipinski definition) is 4. The number of aromatic nitrogens is 4. The molecule has 2 heterocycles. The van der Waals surface area contributed by atoms with Crippen LogP contribution >= 0.6 is 15.9 Å². The van der Waals surface area contributed by atoms with Crippen LogP contribution in [0.4, 0.5) is 0 Å². The Balaban J connectivity index is 1.63. The van der Waals surface area contributed by atoms with Crippen LogP contribution in [-0.2, 0) is 0 Å². The van der Waals surface area contributed by atoms with E-state index in [9.17, 15) is 0 Å². The zero-order valence-corrected chi connectivity index (χ0v) is 16.7. The van der Waals surface area contributed by atoms with Crippen molar-refractivity contribution in [3.8, 4) is 23.0 Å². The molecule has 0 aliphatic rings. The quantitative estimate of drug-likeness (QED) is 0.404. The number of benzene rings is 2. The van der Waals surface area contributed by atoms with Crippen molar-refractivity contribution in [2.75, 3.05) is 0 Å². The van der Waals surface area contributed by atoms with Crippen LogP contribution in [0.5, 0.6) is 11.6 Å². The molecule has 0 spiro atoms. The van der Waals surface area contributed by atoms with Crippen molar-refractivity contribution in [3.63, 3.8) is 0 Å². The first-order chi connectivity index (χ1) is 13.1. The highest BCUT2D eigenvalue weighted by molar-refractivity contribution is 9.10. The van der Waals surface area contributed by atoms with Gasteiger partial charge in [0.2, 0.25) is 5.88 Å². The predicted octanol–water partition coefficient (Wildman–Crippen LogP) is 5.86. The van der Waals surface area contributed by atoms with E-state index in [-0.39, 0.29) is 0 Å². The summed E-state index contributed by atoms with van der Waals surface area (Å²) in [5.41, 5.74) is 2.92. The maximum absolute atomic E-state index is 5.94. The van der Waals surface area contributed by atoms with Gasteiger partial charge in [-0.3, -0.25) is 0 Å². The van der Waals surface area contributed by atoms with E-state index in [1.165, 1.54) is 5.56 Å². The Hall–Kier alpha value is -2.73. The minimum atomic E-state index is 0.497. The summed E-state index contributed by atoms with van der Waals surface area (Å²) >= 11 is 3.45. The Kier molecular flexibility index (Phi) is 4.90. The molecular weight excluding hydrogens is 404 g/mol. The van der Waals surface area contributed by atoms with Crippen LogP contribution in [0.1, 0.15) is 31.7 Å². The predicted molar refractivity (Wildman–Crippen MR) is 109 cm³/mol. The highest BCUT2D eigenvalue weighted by Gasteiger charge is 2.11. The van der Waals surface area contributed by atoms with Crippen LogP contribution in [-0.4, -0.2) is 19.8 Å². The molecule has 2 aromatic carbocycles. The molecule has 0 bridgehead atoms. The second-order valence-electron chi connectivity index (χ2n) is 6.45. The molecule has 0 fully saturated rings. The van der Waals surface area contributed by atoms with Crippen LogP contribution in [0.15, 0.2) is 65.1 Å². The molecule has 0 amide bonds. The fourth-order valence-corrected chi connectivity index (χ4v) is 3.09. The lowest BCUT2D eigenvalue weighted by atomic mass is 9.99. The molecule has 5 nitrogen and oxygen atoms in total. The molecule has 4 aromatic rings. The summed E-state index contributed by atoms with van der Waals surface area (Å²) in [5.74, 6) is 2.47. The Bertz CT molecular complexity index is 1060. The van der Waals surface area contributed by atoms with Gasteiger partial charge in [-0.1, -0.05) is 54.0 Å². The van der Waals surface area contributed by atoms with E-state index in [0.717, 1.165) is 22.2 Å². The van der Waals surface area contributed by atoms with Crippen molar-refractivity contribution in [2.24, 2.45) is 0 Å². The molecule has 27 heavy (non-hydrogen) atoms. The average molecular weight is 423 g/mol. The Morgan fingerprint density at radius 2 is 1.70 bits per heavy atom. The first-order valence-electron chi connectivity index (χ1n) is 8.90. The van der Waals surface area contributed by atoms with E-state index in [0.29, 0.717) is 23.3 Å². The molecule has 0 aliphatic carbocycles. The van der Waals surface area contributed by atoms with Gasteiger partial charge in [-0.25, -0.2) is 0 Å². The summed E-state index contributed by atoms with van der Waals surface area (Å²) in [6, 6.07) is 19.7. The fraction of sp³-hybridized carbons (Fsp3) is 0.190. The molecule has 6 heteroatoms. The normalized spacial score (nSPS) is 12.3. The van der Waals surface area contributed by atoms with Gasteiger partial charge in [-0.05, 0) is 48.2 Å². The summed E-state index contributed by atoms with van der Waals surface area (Å²) in [5, 5.41) is 13.0. The summed E-state index contributed by atoms with van der Waals surface area (Å²) in [4.78, 5) is 0. The van der Waals surface area contributed by atoms with E-state index in [1.807, 2.05) is 42.5 Å². The Morgan fingerprint density at radius 1 is 0.963 bits per heavy atom. The summed E-state index contributed by atoms with van der Waals surface area (Å²) < 4.78 is 8.65. The topological polar surface area (TPSA) is 52.3 Å². The van der Waals surface area contributed by atoms with E-state index in [1.54, 1.807) is 10.6 Å². The van der Waals surface area contributed by atoms with Crippen LogP contribution in [0, 0.1) is 0 Å². The second kappa shape index (κ2) is 7.48. The van der Waals surface area contributed by atoms with Gasteiger partial charge in [-0.15, -0.1) is 15.3 Å². The van der Waals surface area contributed by atoms with Crippen molar-refractivity contribution in [3.05, 3.63) is 70.7 Å². The van der Waals surface area contributed by atoms with Crippen LogP contribution < -0.4 is 4.74 Å². The molecule has 0 aliphatic heterocycles.